The first kappa shape index (κ1) is 10.3. The van der Waals surface area contributed by atoms with E-state index in [0.717, 1.165) is 18.7 Å². The number of nitrogens with zero attached hydrogens (tertiary/aromatic N) is 2. The summed E-state index contributed by atoms with van der Waals surface area (Å²) in [4.78, 5) is 14.8. The third kappa shape index (κ3) is 3.72. The molecule has 0 saturated heterocycles. The minimum atomic E-state index is -0.231. The van der Waals surface area contributed by atoms with E-state index in [1.807, 2.05) is 0 Å². The summed E-state index contributed by atoms with van der Waals surface area (Å²) in [6, 6.07) is 0. The van der Waals surface area contributed by atoms with E-state index in [9.17, 15) is 4.79 Å². The van der Waals surface area contributed by atoms with Gasteiger partial charge in [0.1, 0.15) is 12.2 Å². The highest BCUT2D eigenvalue weighted by Gasteiger charge is 1.97. The van der Waals surface area contributed by atoms with Crippen molar-refractivity contribution in [2.24, 2.45) is 0 Å². The van der Waals surface area contributed by atoms with Crippen molar-refractivity contribution in [3.05, 3.63) is 12.2 Å². The van der Waals surface area contributed by atoms with Crippen molar-refractivity contribution in [1.29, 1.82) is 0 Å². The zero-order valence-corrected chi connectivity index (χ0v) is 8.00. The number of carbonyl (C=O) groups excluding carboxylic acids is 1. The summed E-state index contributed by atoms with van der Waals surface area (Å²) in [6.07, 6.45) is 3.07. The summed E-state index contributed by atoms with van der Waals surface area (Å²) in [5.74, 6) is 5.54. The molecule has 0 atom stereocenters. The van der Waals surface area contributed by atoms with E-state index in [1.54, 1.807) is 6.92 Å². The quantitative estimate of drug-likeness (QED) is 0.516. The summed E-state index contributed by atoms with van der Waals surface area (Å²) in [6.45, 7) is 2.24. The molecule has 1 heterocycles. The highest BCUT2D eigenvalue weighted by atomic mass is 16.1. The molecule has 0 aliphatic heterocycles. The second-order valence-corrected chi connectivity index (χ2v) is 2.67. The minimum Gasteiger partial charge on any atom is -0.345 e. The van der Waals surface area contributed by atoms with Gasteiger partial charge >= 0.3 is 0 Å². The number of carbonyl (C=O) groups is 1. The molecule has 0 radical (unpaired) electrons. The van der Waals surface area contributed by atoms with E-state index < -0.39 is 0 Å². The van der Waals surface area contributed by atoms with Crippen LogP contribution in [0.2, 0.25) is 0 Å². The fourth-order valence-corrected chi connectivity index (χ4v) is 0.967. The first-order valence-electron chi connectivity index (χ1n) is 4.37. The van der Waals surface area contributed by atoms with Crippen molar-refractivity contribution in [1.82, 2.24) is 20.5 Å². The largest absolute Gasteiger partial charge is 0.345 e. The summed E-state index contributed by atoms with van der Waals surface area (Å²) in [5.41, 5.74) is 0. The Hall–Kier alpha value is -1.83. The van der Waals surface area contributed by atoms with Crippen LogP contribution in [0.1, 0.15) is 19.2 Å². The molecule has 1 aromatic heterocycles. The number of aryl methyl sites for hydroxylation is 1. The third-order valence-corrected chi connectivity index (χ3v) is 1.58. The van der Waals surface area contributed by atoms with Gasteiger partial charge in [-0.05, 0) is 19.3 Å². The molecule has 1 amide bonds. The van der Waals surface area contributed by atoms with Gasteiger partial charge in [0.2, 0.25) is 0 Å². The van der Waals surface area contributed by atoms with Crippen LogP contribution in [-0.2, 0) is 11.2 Å². The predicted octanol–water partition coefficient (Wildman–Crippen LogP) is -0.123. The lowest BCUT2D eigenvalue weighted by Gasteiger charge is -1.98. The molecule has 1 rings (SSSR count). The zero-order valence-electron chi connectivity index (χ0n) is 8.00. The van der Waals surface area contributed by atoms with E-state index in [4.69, 9.17) is 0 Å². The highest BCUT2D eigenvalue weighted by Crippen LogP contribution is 1.90. The first-order valence-corrected chi connectivity index (χ1v) is 4.37. The van der Waals surface area contributed by atoms with Gasteiger partial charge in [0, 0.05) is 13.0 Å². The van der Waals surface area contributed by atoms with Crippen LogP contribution >= 0.6 is 0 Å². The normalized spacial score (nSPS) is 8.93. The van der Waals surface area contributed by atoms with Gasteiger partial charge in [-0.3, -0.25) is 9.89 Å². The molecule has 0 fully saturated rings. The van der Waals surface area contributed by atoms with E-state index in [0.29, 0.717) is 6.54 Å². The van der Waals surface area contributed by atoms with E-state index in [1.165, 1.54) is 6.33 Å². The lowest BCUT2D eigenvalue weighted by Crippen LogP contribution is -2.22. The van der Waals surface area contributed by atoms with Crippen molar-refractivity contribution in [3.63, 3.8) is 0 Å². The molecule has 0 saturated carbocycles. The van der Waals surface area contributed by atoms with Gasteiger partial charge in [-0.1, -0.05) is 5.92 Å². The van der Waals surface area contributed by atoms with Crippen molar-refractivity contribution >= 4 is 5.91 Å². The smallest absolute Gasteiger partial charge is 0.295 e. The number of nitrogens with one attached hydrogen (secondary N) is 2. The molecule has 14 heavy (non-hydrogen) atoms. The lowest BCUT2D eigenvalue weighted by molar-refractivity contribution is -0.115. The van der Waals surface area contributed by atoms with Crippen molar-refractivity contribution in [2.45, 2.75) is 19.8 Å². The monoisotopic (exact) mass is 192 g/mol. The van der Waals surface area contributed by atoms with Crippen LogP contribution in [0.25, 0.3) is 0 Å². The van der Waals surface area contributed by atoms with Crippen LogP contribution in [-0.4, -0.2) is 27.6 Å². The maximum absolute atomic E-state index is 10.9. The van der Waals surface area contributed by atoms with Crippen molar-refractivity contribution < 1.29 is 4.79 Å². The molecular formula is C9H12N4O. The Balaban J connectivity index is 2.10. The molecule has 0 spiro atoms. The Kier molecular flexibility index (Phi) is 4.21. The predicted molar refractivity (Wildman–Crippen MR) is 51.2 cm³/mol. The number of hydrogen-bond acceptors (Lipinski definition) is 3. The standard InChI is InChI=1S/C9H12N4O/c1-2-4-9(14)10-6-3-5-8-11-7-12-13-8/h7H,3,5-6H2,1H3,(H,10,14)(H,11,12,13). The summed E-state index contributed by atoms with van der Waals surface area (Å²) in [5, 5.41) is 9.14. The van der Waals surface area contributed by atoms with Crippen LogP contribution < -0.4 is 5.32 Å². The van der Waals surface area contributed by atoms with Crippen LogP contribution in [0.5, 0.6) is 0 Å². The molecule has 0 aliphatic carbocycles. The van der Waals surface area contributed by atoms with Gasteiger partial charge in [-0.2, -0.15) is 5.10 Å². The van der Waals surface area contributed by atoms with Crippen LogP contribution in [0.3, 0.4) is 0 Å². The van der Waals surface area contributed by atoms with Gasteiger partial charge in [-0.25, -0.2) is 4.98 Å². The third-order valence-electron chi connectivity index (χ3n) is 1.58. The van der Waals surface area contributed by atoms with Gasteiger partial charge in [-0.15, -0.1) is 0 Å². The fraction of sp³-hybridized carbons (Fsp3) is 0.444. The van der Waals surface area contributed by atoms with E-state index in [-0.39, 0.29) is 5.91 Å². The number of aromatic amines is 1. The molecule has 0 aliphatic rings. The van der Waals surface area contributed by atoms with E-state index in [2.05, 4.69) is 32.3 Å². The number of amides is 1. The lowest BCUT2D eigenvalue weighted by atomic mass is 10.3. The maximum atomic E-state index is 10.9. The molecule has 0 bridgehead atoms. The first-order chi connectivity index (χ1) is 6.83. The molecule has 5 heteroatoms. The molecule has 5 nitrogen and oxygen atoms in total. The SMILES string of the molecule is CC#CC(=O)NCCCc1ncn[nH]1. The average Bonchev–Trinajstić information content (AvgIpc) is 2.65. The van der Waals surface area contributed by atoms with Gasteiger partial charge in [0.25, 0.3) is 5.91 Å². The van der Waals surface area contributed by atoms with Crippen molar-refractivity contribution in [2.75, 3.05) is 6.54 Å². The minimum absolute atomic E-state index is 0.231. The molecule has 74 valence electrons. The second kappa shape index (κ2) is 5.75. The van der Waals surface area contributed by atoms with E-state index >= 15 is 0 Å². The Morgan fingerprint density at radius 3 is 3.21 bits per heavy atom. The summed E-state index contributed by atoms with van der Waals surface area (Å²) in [7, 11) is 0. The van der Waals surface area contributed by atoms with Crippen LogP contribution in [0, 0.1) is 11.8 Å². The Morgan fingerprint density at radius 1 is 1.71 bits per heavy atom. The Morgan fingerprint density at radius 2 is 2.57 bits per heavy atom. The number of aromatic nitrogens is 3. The second-order valence-electron chi connectivity index (χ2n) is 2.67. The van der Waals surface area contributed by atoms with Gasteiger partial charge in [0.15, 0.2) is 0 Å². The highest BCUT2D eigenvalue weighted by molar-refractivity contribution is 5.93. The molecule has 1 aromatic rings. The zero-order chi connectivity index (χ0) is 10.2. The summed E-state index contributed by atoms with van der Waals surface area (Å²) >= 11 is 0. The molecule has 0 aromatic carbocycles. The molecule has 0 unspecified atom stereocenters. The van der Waals surface area contributed by atoms with Gasteiger partial charge < -0.3 is 5.32 Å². The number of H-pyrrole nitrogens is 1. The average molecular weight is 192 g/mol. The topological polar surface area (TPSA) is 70.7 Å². The van der Waals surface area contributed by atoms with Crippen LogP contribution in [0.15, 0.2) is 6.33 Å². The fourth-order valence-electron chi connectivity index (χ4n) is 0.967. The van der Waals surface area contributed by atoms with Crippen LogP contribution in [0.4, 0.5) is 0 Å². The number of hydrogen-bond donors (Lipinski definition) is 2. The maximum Gasteiger partial charge on any atom is 0.295 e. The Bertz CT molecular complexity index is 333. The number of rotatable bonds is 4. The summed E-state index contributed by atoms with van der Waals surface area (Å²) < 4.78 is 0. The molecule has 2 N–H and O–H groups in total. The van der Waals surface area contributed by atoms with Gasteiger partial charge in [0.05, 0.1) is 0 Å². The Labute approximate surface area is 82.3 Å². The van der Waals surface area contributed by atoms with Crippen molar-refractivity contribution in [3.8, 4) is 11.8 Å². The molecular weight excluding hydrogens is 180 g/mol.